The van der Waals surface area contributed by atoms with Gasteiger partial charge in [0.1, 0.15) is 0 Å². The van der Waals surface area contributed by atoms with Gasteiger partial charge in [0.05, 0.1) is 10.9 Å². The lowest BCUT2D eigenvalue weighted by Gasteiger charge is -2.11. The Labute approximate surface area is 412 Å². The second kappa shape index (κ2) is 17.9. The zero-order valence-electron chi connectivity index (χ0n) is 35.1. The molecule has 3 nitrogen and oxygen atoms in total. The summed E-state index contributed by atoms with van der Waals surface area (Å²) in [6.07, 6.45) is 0. The number of fused-ring (bicyclic) bond motifs is 6. The zero-order valence-corrected chi connectivity index (χ0v) is 40.9. The van der Waals surface area contributed by atoms with E-state index in [0.717, 1.165) is 89.9 Å². The van der Waals surface area contributed by atoms with Crippen molar-refractivity contribution in [2.75, 3.05) is 0 Å². The third-order valence-electron chi connectivity index (χ3n) is 11.5. The van der Waals surface area contributed by atoms with E-state index in [9.17, 15) is 14.4 Å². The third-order valence-corrected chi connectivity index (χ3v) is 20.2. The molecule has 10 heteroatoms. The smallest absolute Gasteiger partial charge is 0.195 e. The Morgan fingerprint density at radius 1 is 0.269 bits per heavy atom. The molecular formula is C57H33O3S7+. The first-order valence-corrected chi connectivity index (χ1v) is 27.5. The first-order chi connectivity index (χ1) is 32.9. The molecule has 0 saturated heterocycles. The summed E-state index contributed by atoms with van der Waals surface area (Å²) in [6.45, 7) is 0. The van der Waals surface area contributed by atoms with Crippen molar-refractivity contribution < 1.29 is 0 Å². The predicted octanol–water partition coefficient (Wildman–Crippen LogP) is 16.4. The van der Waals surface area contributed by atoms with E-state index in [2.05, 4.69) is 109 Å². The molecule has 0 saturated carbocycles. The van der Waals surface area contributed by atoms with Crippen molar-refractivity contribution in [3.05, 3.63) is 231 Å². The molecule has 0 unspecified atom stereocenters. The van der Waals surface area contributed by atoms with Crippen LogP contribution in [0, 0.1) is 0 Å². The normalized spacial score (nSPS) is 11.8. The topological polar surface area (TPSA) is 51.2 Å². The molecule has 0 N–H and O–H groups in total. The van der Waals surface area contributed by atoms with Gasteiger partial charge in [0.2, 0.25) is 0 Å². The highest BCUT2D eigenvalue weighted by atomic mass is 32.2. The fraction of sp³-hybridized carbons (Fsp3) is 0. The van der Waals surface area contributed by atoms with Gasteiger partial charge in [-0.1, -0.05) is 71.7 Å². The van der Waals surface area contributed by atoms with E-state index in [4.69, 9.17) is 0 Å². The third kappa shape index (κ3) is 8.31. The fourth-order valence-corrected chi connectivity index (χ4v) is 16.1. The van der Waals surface area contributed by atoms with Crippen molar-refractivity contribution in [2.45, 2.75) is 44.1 Å². The van der Waals surface area contributed by atoms with Gasteiger partial charge in [-0.3, -0.25) is 14.4 Å². The van der Waals surface area contributed by atoms with Gasteiger partial charge in [-0.2, -0.15) is 0 Å². The van der Waals surface area contributed by atoms with Crippen LogP contribution in [0.1, 0.15) is 0 Å². The van der Waals surface area contributed by atoms with Gasteiger partial charge in [0, 0.05) is 89.9 Å². The zero-order chi connectivity index (χ0) is 45.0. The van der Waals surface area contributed by atoms with Crippen LogP contribution in [0.3, 0.4) is 0 Å². The molecule has 0 atom stereocenters. The van der Waals surface area contributed by atoms with Gasteiger partial charge in [-0.05, 0) is 164 Å². The van der Waals surface area contributed by atoms with E-state index in [-0.39, 0.29) is 16.3 Å². The second-order valence-corrected chi connectivity index (χ2v) is 24.5. The molecule has 0 aliphatic carbocycles. The van der Waals surface area contributed by atoms with Crippen molar-refractivity contribution in [1.29, 1.82) is 0 Å². The summed E-state index contributed by atoms with van der Waals surface area (Å²) in [7, 11) is -0.432. The summed E-state index contributed by atoms with van der Waals surface area (Å²) in [4.78, 5) is 50.4. The fourth-order valence-electron chi connectivity index (χ4n) is 8.29. The van der Waals surface area contributed by atoms with Gasteiger partial charge < -0.3 is 0 Å². The Morgan fingerprint density at radius 2 is 0.522 bits per heavy atom. The van der Waals surface area contributed by atoms with E-state index in [1.165, 1.54) is 14.7 Å². The van der Waals surface area contributed by atoms with Crippen LogP contribution in [0.4, 0.5) is 0 Å². The number of rotatable bonds is 9. The van der Waals surface area contributed by atoms with Crippen molar-refractivity contribution in [3.63, 3.8) is 0 Å². The lowest BCUT2D eigenvalue weighted by molar-refractivity contribution is 1.25. The molecule has 0 radical (unpaired) electrons. The molecule has 3 aromatic heterocycles. The van der Waals surface area contributed by atoms with Crippen LogP contribution in [0.2, 0.25) is 0 Å². The quantitative estimate of drug-likeness (QED) is 0.106. The van der Waals surface area contributed by atoms with E-state index < -0.39 is 10.9 Å². The van der Waals surface area contributed by atoms with E-state index in [1.54, 1.807) is 69.3 Å². The molecule has 0 amide bonds. The maximum Gasteiger partial charge on any atom is 0.195 e. The van der Waals surface area contributed by atoms with Crippen molar-refractivity contribution >= 4 is 141 Å². The Bertz CT molecular complexity index is 3660. The lowest BCUT2D eigenvalue weighted by Crippen LogP contribution is -2.05. The monoisotopic (exact) mass is 989 g/mol. The van der Waals surface area contributed by atoms with Crippen LogP contribution in [-0.2, 0) is 10.9 Å². The standard InChI is InChI=1S/C57H33O3S7/c58-55-43-7-1-4-10-49(43)64-52-28-19-37(31-46(52)55)61-34-13-22-40(23-14-34)67(41-24-15-35(16-25-41)62-38-20-29-53-47(32-38)56(59)44-8-2-5-11-50(44)65-53)42-26-17-36(18-27-42)63-39-21-30-54-48(33-39)57(60)45-9-3-6-12-51(45)66-54/h1-33H/q+1. The molecule has 3 heterocycles. The van der Waals surface area contributed by atoms with Gasteiger partial charge in [0.25, 0.3) is 0 Å². The first kappa shape index (κ1) is 42.4. The summed E-state index contributed by atoms with van der Waals surface area (Å²) in [5.41, 5.74) is 0.225. The summed E-state index contributed by atoms with van der Waals surface area (Å²) >= 11 is 9.95. The molecule has 0 spiro atoms. The maximum atomic E-state index is 13.5. The van der Waals surface area contributed by atoms with Gasteiger partial charge in [-0.25, -0.2) is 0 Å². The highest BCUT2D eigenvalue weighted by Gasteiger charge is 2.29. The molecule has 9 aromatic carbocycles. The number of hydrogen-bond acceptors (Lipinski definition) is 9. The Kier molecular flexibility index (Phi) is 11.4. The predicted molar refractivity (Wildman–Crippen MR) is 291 cm³/mol. The molecule has 320 valence electrons. The van der Waals surface area contributed by atoms with E-state index in [0.29, 0.717) is 0 Å². The number of hydrogen-bond donors (Lipinski definition) is 0. The minimum atomic E-state index is -0.432. The molecule has 0 aliphatic heterocycles. The van der Waals surface area contributed by atoms with Crippen molar-refractivity contribution in [3.8, 4) is 0 Å². The van der Waals surface area contributed by atoms with E-state index >= 15 is 0 Å². The highest BCUT2D eigenvalue weighted by Crippen LogP contribution is 2.40. The summed E-state index contributed by atoms with van der Waals surface area (Å²) in [6, 6.07) is 68.6. The molecule has 12 aromatic rings. The molecule has 12 rings (SSSR count). The summed E-state index contributed by atoms with van der Waals surface area (Å²) in [5.74, 6) is 0. The van der Waals surface area contributed by atoms with Crippen LogP contribution in [0.5, 0.6) is 0 Å². The van der Waals surface area contributed by atoms with Crippen LogP contribution in [0.15, 0.2) is 259 Å². The maximum absolute atomic E-state index is 13.5. The molecule has 67 heavy (non-hydrogen) atoms. The molecule has 0 aliphatic rings. The van der Waals surface area contributed by atoms with E-state index in [1.807, 2.05) is 91.0 Å². The van der Waals surface area contributed by atoms with Gasteiger partial charge in [-0.15, -0.1) is 34.0 Å². The Morgan fingerprint density at radius 3 is 0.821 bits per heavy atom. The SMILES string of the molecule is O=c1c2ccccc2sc2ccc(Sc3ccc([S+](c4ccc(Sc5ccc6sc7ccccc7c(=O)c6c5)cc4)c4ccc(Sc5ccc6sc7ccccc7c(=O)c6c5)cc4)cc3)cc12. The summed E-state index contributed by atoms with van der Waals surface area (Å²) in [5, 5.41) is 4.55. The van der Waals surface area contributed by atoms with Crippen molar-refractivity contribution in [1.82, 2.24) is 0 Å². The first-order valence-electron chi connectivity index (χ1n) is 21.3. The van der Waals surface area contributed by atoms with Crippen LogP contribution in [-0.4, -0.2) is 0 Å². The molecular weight excluding hydrogens is 957 g/mol. The van der Waals surface area contributed by atoms with Crippen LogP contribution in [0.25, 0.3) is 60.5 Å². The largest absolute Gasteiger partial charge is 0.289 e. The van der Waals surface area contributed by atoms with Gasteiger partial charge in [0.15, 0.2) is 31.0 Å². The van der Waals surface area contributed by atoms with Crippen LogP contribution < -0.4 is 16.3 Å². The lowest BCUT2D eigenvalue weighted by atomic mass is 10.2. The summed E-state index contributed by atoms with van der Waals surface area (Å²) < 4.78 is 5.99. The molecule has 0 fully saturated rings. The minimum absolute atomic E-state index is 0.0751. The minimum Gasteiger partial charge on any atom is -0.289 e. The average Bonchev–Trinajstić information content (AvgIpc) is 3.36. The Balaban J connectivity index is 0.849. The number of benzene rings is 9. The van der Waals surface area contributed by atoms with Crippen molar-refractivity contribution in [2.24, 2.45) is 0 Å². The Hall–Kier alpha value is -5.95. The highest BCUT2D eigenvalue weighted by molar-refractivity contribution is 8.00. The van der Waals surface area contributed by atoms with Gasteiger partial charge >= 0.3 is 0 Å². The van der Waals surface area contributed by atoms with Crippen LogP contribution >= 0.6 is 69.3 Å². The average molecular weight is 990 g/mol. The molecule has 0 bridgehead atoms. The second-order valence-electron chi connectivity index (χ2n) is 15.8.